The number of carbonyl (C=O) groups excluding carboxylic acids is 3. The first kappa shape index (κ1) is 10.9. The van der Waals surface area contributed by atoms with E-state index in [1.54, 1.807) is 20.8 Å². The predicted octanol–water partition coefficient (Wildman–Crippen LogP) is 0.734. The van der Waals surface area contributed by atoms with Crippen molar-refractivity contribution in [3.05, 3.63) is 0 Å². The Bertz CT molecular complexity index is 290. The standard InChI is InChI=1S/C10H14O4/c1-4-14-9(13)6-5-7(11)10(2,3)8(6)12/h6H,4-5H2,1-3H3. The lowest BCUT2D eigenvalue weighted by molar-refractivity contribution is -0.151. The molecule has 0 bridgehead atoms. The summed E-state index contributed by atoms with van der Waals surface area (Å²) in [6, 6.07) is 0. The second-order valence-electron chi connectivity index (χ2n) is 3.92. The molecule has 0 heterocycles. The highest BCUT2D eigenvalue weighted by atomic mass is 16.5. The van der Waals surface area contributed by atoms with Crippen LogP contribution < -0.4 is 0 Å². The maximum absolute atomic E-state index is 11.6. The molecule has 0 spiro atoms. The molecule has 0 aliphatic heterocycles. The summed E-state index contributed by atoms with van der Waals surface area (Å²) in [6.07, 6.45) is -0.00926. The molecule has 1 saturated carbocycles. The molecule has 0 radical (unpaired) electrons. The van der Waals surface area contributed by atoms with Crippen molar-refractivity contribution in [2.45, 2.75) is 27.2 Å². The van der Waals surface area contributed by atoms with Gasteiger partial charge in [-0.2, -0.15) is 0 Å². The zero-order chi connectivity index (χ0) is 10.9. The fraction of sp³-hybridized carbons (Fsp3) is 0.700. The van der Waals surface area contributed by atoms with Crippen molar-refractivity contribution >= 4 is 17.5 Å². The minimum absolute atomic E-state index is 0.00926. The highest BCUT2D eigenvalue weighted by Gasteiger charge is 2.51. The molecular formula is C10H14O4. The first-order chi connectivity index (χ1) is 6.41. The molecular weight excluding hydrogens is 184 g/mol. The molecule has 0 N–H and O–H groups in total. The van der Waals surface area contributed by atoms with Gasteiger partial charge in [-0.15, -0.1) is 0 Å². The van der Waals surface area contributed by atoms with Crippen LogP contribution in [0.1, 0.15) is 27.2 Å². The molecule has 1 aliphatic carbocycles. The van der Waals surface area contributed by atoms with Gasteiger partial charge in [0, 0.05) is 6.42 Å². The second-order valence-corrected chi connectivity index (χ2v) is 3.92. The quantitative estimate of drug-likeness (QED) is 0.485. The number of hydrogen-bond acceptors (Lipinski definition) is 4. The van der Waals surface area contributed by atoms with E-state index in [1.165, 1.54) is 0 Å². The number of ether oxygens (including phenoxy) is 1. The van der Waals surface area contributed by atoms with Crippen molar-refractivity contribution in [2.75, 3.05) is 6.61 Å². The Labute approximate surface area is 82.6 Å². The van der Waals surface area contributed by atoms with Crippen LogP contribution in [-0.2, 0) is 19.1 Å². The number of hydrogen-bond donors (Lipinski definition) is 0. The van der Waals surface area contributed by atoms with Crippen LogP contribution in [0, 0.1) is 11.3 Å². The zero-order valence-electron chi connectivity index (χ0n) is 8.62. The monoisotopic (exact) mass is 198 g/mol. The fourth-order valence-electron chi connectivity index (χ4n) is 1.54. The smallest absolute Gasteiger partial charge is 0.316 e. The van der Waals surface area contributed by atoms with Crippen molar-refractivity contribution in [1.29, 1.82) is 0 Å². The summed E-state index contributed by atoms with van der Waals surface area (Å²) in [6.45, 7) is 5.01. The highest BCUT2D eigenvalue weighted by Crippen LogP contribution is 2.34. The van der Waals surface area contributed by atoms with Gasteiger partial charge < -0.3 is 4.74 Å². The van der Waals surface area contributed by atoms with E-state index < -0.39 is 17.3 Å². The lowest BCUT2D eigenvalue weighted by atomic mass is 9.88. The lowest BCUT2D eigenvalue weighted by Crippen LogP contribution is -2.30. The molecule has 1 aliphatic rings. The summed E-state index contributed by atoms with van der Waals surface area (Å²) >= 11 is 0. The molecule has 1 unspecified atom stereocenters. The van der Waals surface area contributed by atoms with Crippen molar-refractivity contribution in [3.8, 4) is 0 Å². The third-order valence-electron chi connectivity index (χ3n) is 2.59. The minimum atomic E-state index is -1.02. The third-order valence-corrected chi connectivity index (χ3v) is 2.59. The molecule has 0 aromatic rings. The van der Waals surface area contributed by atoms with Crippen molar-refractivity contribution < 1.29 is 19.1 Å². The van der Waals surface area contributed by atoms with E-state index in [2.05, 4.69) is 0 Å². The minimum Gasteiger partial charge on any atom is -0.465 e. The number of carbonyl (C=O) groups is 3. The lowest BCUT2D eigenvalue weighted by Gasteiger charge is -2.13. The summed E-state index contributed by atoms with van der Waals surface area (Å²) in [7, 11) is 0. The summed E-state index contributed by atoms with van der Waals surface area (Å²) in [4.78, 5) is 34.3. The Morgan fingerprint density at radius 2 is 2.07 bits per heavy atom. The van der Waals surface area contributed by atoms with E-state index in [9.17, 15) is 14.4 Å². The molecule has 0 aromatic heterocycles. The first-order valence-corrected chi connectivity index (χ1v) is 4.65. The van der Waals surface area contributed by atoms with E-state index in [4.69, 9.17) is 4.74 Å². The first-order valence-electron chi connectivity index (χ1n) is 4.65. The zero-order valence-corrected chi connectivity index (χ0v) is 8.62. The predicted molar refractivity (Wildman–Crippen MR) is 48.5 cm³/mol. The van der Waals surface area contributed by atoms with Gasteiger partial charge >= 0.3 is 5.97 Å². The topological polar surface area (TPSA) is 60.4 Å². The summed E-state index contributed by atoms with van der Waals surface area (Å²) in [5.41, 5.74) is -1.02. The molecule has 14 heavy (non-hydrogen) atoms. The van der Waals surface area contributed by atoms with Gasteiger partial charge in [-0.25, -0.2) is 0 Å². The average Bonchev–Trinajstić information content (AvgIpc) is 2.30. The summed E-state index contributed by atoms with van der Waals surface area (Å²) in [5, 5.41) is 0. The molecule has 1 atom stereocenters. The average molecular weight is 198 g/mol. The second kappa shape index (κ2) is 3.52. The Morgan fingerprint density at radius 3 is 2.43 bits per heavy atom. The molecule has 0 aromatic carbocycles. The highest BCUT2D eigenvalue weighted by molar-refractivity contribution is 6.20. The van der Waals surface area contributed by atoms with Crippen LogP contribution in [0.25, 0.3) is 0 Å². The van der Waals surface area contributed by atoms with E-state index in [1.807, 2.05) is 0 Å². The van der Waals surface area contributed by atoms with E-state index in [-0.39, 0.29) is 24.6 Å². The van der Waals surface area contributed by atoms with Crippen molar-refractivity contribution in [1.82, 2.24) is 0 Å². The van der Waals surface area contributed by atoms with E-state index in [0.29, 0.717) is 0 Å². The number of esters is 1. The molecule has 1 rings (SSSR count). The maximum atomic E-state index is 11.6. The SMILES string of the molecule is CCOC(=O)C1CC(=O)C(C)(C)C1=O. The van der Waals surface area contributed by atoms with Gasteiger partial charge in [-0.1, -0.05) is 0 Å². The Morgan fingerprint density at radius 1 is 1.50 bits per heavy atom. The molecule has 0 saturated heterocycles. The largest absolute Gasteiger partial charge is 0.465 e. The summed E-state index contributed by atoms with van der Waals surface area (Å²) < 4.78 is 4.73. The fourth-order valence-corrected chi connectivity index (χ4v) is 1.54. The van der Waals surface area contributed by atoms with Crippen LogP contribution in [0.2, 0.25) is 0 Å². The van der Waals surface area contributed by atoms with Gasteiger partial charge in [-0.05, 0) is 20.8 Å². The van der Waals surface area contributed by atoms with Gasteiger partial charge in [0.1, 0.15) is 11.7 Å². The molecule has 1 fully saturated rings. The van der Waals surface area contributed by atoms with E-state index >= 15 is 0 Å². The molecule has 78 valence electrons. The van der Waals surface area contributed by atoms with Crippen LogP contribution >= 0.6 is 0 Å². The van der Waals surface area contributed by atoms with Gasteiger partial charge in [-0.3, -0.25) is 14.4 Å². The Hall–Kier alpha value is -1.19. The molecule has 0 amide bonds. The van der Waals surface area contributed by atoms with Crippen LogP contribution in [0.15, 0.2) is 0 Å². The van der Waals surface area contributed by atoms with Gasteiger partial charge in [0.2, 0.25) is 0 Å². The number of rotatable bonds is 2. The normalized spacial score (nSPS) is 25.2. The van der Waals surface area contributed by atoms with Gasteiger partial charge in [0.15, 0.2) is 5.78 Å². The van der Waals surface area contributed by atoms with Crippen LogP contribution in [0.5, 0.6) is 0 Å². The summed E-state index contributed by atoms with van der Waals surface area (Å²) in [5.74, 6) is -1.95. The Kier molecular flexibility index (Phi) is 2.73. The number of Topliss-reactive ketones (excluding diaryl/α,β-unsaturated/α-hetero) is 2. The third kappa shape index (κ3) is 1.56. The molecule has 4 heteroatoms. The Balaban J connectivity index is 2.82. The molecule has 4 nitrogen and oxygen atoms in total. The van der Waals surface area contributed by atoms with Gasteiger partial charge in [0.25, 0.3) is 0 Å². The van der Waals surface area contributed by atoms with Crippen LogP contribution in [0.4, 0.5) is 0 Å². The van der Waals surface area contributed by atoms with E-state index in [0.717, 1.165) is 0 Å². The van der Waals surface area contributed by atoms with Crippen LogP contribution in [0.3, 0.4) is 0 Å². The van der Waals surface area contributed by atoms with Gasteiger partial charge in [0.05, 0.1) is 12.0 Å². The van der Waals surface area contributed by atoms with Crippen molar-refractivity contribution in [2.24, 2.45) is 11.3 Å². The maximum Gasteiger partial charge on any atom is 0.316 e. The number of ketones is 2. The van der Waals surface area contributed by atoms with Crippen LogP contribution in [-0.4, -0.2) is 24.1 Å². The van der Waals surface area contributed by atoms with Crippen molar-refractivity contribution in [3.63, 3.8) is 0 Å².